The molecule has 0 aromatic carbocycles. The Balaban J connectivity index is 2.65. The second kappa shape index (κ2) is 8.07. The van der Waals surface area contributed by atoms with Crippen molar-refractivity contribution < 1.29 is 14.6 Å². The molecule has 1 aromatic rings. The van der Waals surface area contributed by atoms with Crippen molar-refractivity contribution in [1.82, 2.24) is 9.88 Å². The number of nitrogens with one attached hydrogen (secondary N) is 1. The van der Waals surface area contributed by atoms with Gasteiger partial charge in [-0.2, -0.15) is 0 Å². The Morgan fingerprint density at radius 2 is 2.15 bits per heavy atom. The molecule has 0 aliphatic rings. The van der Waals surface area contributed by atoms with Crippen molar-refractivity contribution in [3.63, 3.8) is 0 Å². The highest BCUT2D eigenvalue weighted by Crippen LogP contribution is 2.24. The quantitative estimate of drug-likeness (QED) is 0.724. The third-order valence-electron chi connectivity index (χ3n) is 4.06. The van der Waals surface area contributed by atoms with Crippen LogP contribution in [0.4, 0.5) is 0 Å². The summed E-state index contributed by atoms with van der Waals surface area (Å²) in [5.41, 5.74) is 0.403. The smallest absolute Gasteiger partial charge is 0.267 e. The number of aromatic nitrogens is 1. The maximum absolute atomic E-state index is 12.2. The Morgan fingerprint density at radius 3 is 2.70 bits per heavy atom. The van der Waals surface area contributed by atoms with Crippen molar-refractivity contribution in [2.24, 2.45) is 5.41 Å². The fourth-order valence-corrected chi connectivity index (χ4v) is 2.14. The molecule has 0 saturated carbocycles. The lowest BCUT2D eigenvalue weighted by Gasteiger charge is -2.29. The van der Waals surface area contributed by atoms with Crippen LogP contribution in [0.2, 0.25) is 0 Å². The predicted molar refractivity (Wildman–Crippen MR) is 78.7 cm³/mol. The molecule has 0 unspecified atom stereocenters. The number of ether oxygens (including phenoxy) is 1. The molecule has 1 aromatic heterocycles. The van der Waals surface area contributed by atoms with E-state index in [1.165, 1.54) is 0 Å². The van der Waals surface area contributed by atoms with Crippen LogP contribution in [-0.4, -0.2) is 42.4 Å². The van der Waals surface area contributed by atoms with Crippen molar-refractivity contribution in [3.05, 3.63) is 24.0 Å². The molecule has 0 saturated heterocycles. The Kier molecular flexibility index (Phi) is 6.75. The molecule has 1 heterocycles. The van der Waals surface area contributed by atoms with E-state index < -0.39 is 0 Å². The maximum Gasteiger partial charge on any atom is 0.267 e. The zero-order valence-electron chi connectivity index (χ0n) is 12.7. The van der Waals surface area contributed by atoms with Crippen molar-refractivity contribution in [2.45, 2.75) is 33.2 Å². The van der Waals surface area contributed by atoms with Crippen LogP contribution in [0.25, 0.3) is 0 Å². The number of hydrogen-bond acceptors (Lipinski definition) is 3. The molecule has 20 heavy (non-hydrogen) atoms. The second-order valence-electron chi connectivity index (χ2n) is 5.13. The van der Waals surface area contributed by atoms with Crippen molar-refractivity contribution >= 4 is 5.91 Å². The third kappa shape index (κ3) is 4.08. The van der Waals surface area contributed by atoms with Crippen LogP contribution in [0, 0.1) is 5.41 Å². The average Bonchev–Trinajstić information content (AvgIpc) is 2.95. The van der Waals surface area contributed by atoms with Crippen LogP contribution in [0.3, 0.4) is 0 Å². The van der Waals surface area contributed by atoms with E-state index >= 15 is 0 Å². The Morgan fingerprint density at radius 1 is 1.45 bits per heavy atom. The molecule has 1 amide bonds. The van der Waals surface area contributed by atoms with Crippen molar-refractivity contribution in [2.75, 3.05) is 26.9 Å². The van der Waals surface area contributed by atoms with Gasteiger partial charge in [-0.25, -0.2) is 0 Å². The highest BCUT2D eigenvalue weighted by atomic mass is 16.5. The topological polar surface area (TPSA) is 63.5 Å². The Bertz CT molecular complexity index is 403. The molecular weight excluding hydrogens is 256 g/mol. The summed E-state index contributed by atoms with van der Waals surface area (Å²) in [6.45, 7) is 5.87. The molecule has 0 radical (unpaired) electrons. The molecule has 0 aliphatic carbocycles. The van der Waals surface area contributed by atoms with Gasteiger partial charge < -0.3 is 19.7 Å². The maximum atomic E-state index is 12.2. The van der Waals surface area contributed by atoms with E-state index in [0.717, 1.165) is 12.8 Å². The second-order valence-corrected chi connectivity index (χ2v) is 5.13. The lowest BCUT2D eigenvalue weighted by atomic mass is 9.83. The Labute approximate surface area is 120 Å². The molecule has 114 valence electrons. The summed E-state index contributed by atoms with van der Waals surface area (Å²) in [7, 11) is 1.64. The van der Waals surface area contributed by atoms with E-state index in [1.54, 1.807) is 13.2 Å². The summed E-state index contributed by atoms with van der Waals surface area (Å²) in [5.74, 6) is -0.106. The van der Waals surface area contributed by atoms with Gasteiger partial charge in [-0.1, -0.05) is 13.8 Å². The number of rotatable bonds is 9. The van der Waals surface area contributed by atoms with Crippen LogP contribution in [0.15, 0.2) is 18.3 Å². The molecule has 5 heteroatoms. The zero-order valence-corrected chi connectivity index (χ0v) is 12.7. The SMILES string of the molecule is CCC(CC)(CO)CNC(=O)c1cccn1CCOC. The van der Waals surface area contributed by atoms with Gasteiger partial charge in [0.25, 0.3) is 5.91 Å². The molecular formula is C15H26N2O3. The number of carbonyl (C=O) groups is 1. The van der Waals surface area contributed by atoms with Gasteiger partial charge in [0.15, 0.2) is 0 Å². The highest BCUT2D eigenvalue weighted by Gasteiger charge is 2.26. The molecule has 1 rings (SSSR count). The van der Waals surface area contributed by atoms with Crippen LogP contribution in [0.5, 0.6) is 0 Å². The summed E-state index contributed by atoms with van der Waals surface area (Å²) in [6.07, 6.45) is 3.54. The Hall–Kier alpha value is -1.33. The van der Waals surface area contributed by atoms with Gasteiger partial charge in [-0.3, -0.25) is 4.79 Å². The number of carbonyl (C=O) groups excluding carboxylic acids is 1. The number of amides is 1. The van der Waals surface area contributed by atoms with E-state index in [1.807, 2.05) is 30.7 Å². The average molecular weight is 282 g/mol. The van der Waals surface area contributed by atoms with Gasteiger partial charge >= 0.3 is 0 Å². The fraction of sp³-hybridized carbons (Fsp3) is 0.667. The van der Waals surface area contributed by atoms with Gasteiger partial charge in [-0.05, 0) is 25.0 Å². The molecule has 5 nitrogen and oxygen atoms in total. The van der Waals surface area contributed by atoms with Crippen LogP contribution in [-0.2, 0) is 11.3 Å². The first kappa shape index (κ1) is 16.7. The molecule has 0 aliphatic heterocycles. The van der Waals surface area contributed by atoms with Gasteiger partial charge in [0.1, 0.15) is 5.69 Å². The van der Waals surface area contributed by atoms with E-state index in [-0.39, 0.29) is 17.9 Å². The zero-order chi connectivity index (χ0) is 15.0. The van der Waals surface area contributed by atoms with Gasteiger partial charge in [-0.15, -0.1) is 0 Å². The number of nitrogens with zero attached hydrogens (tertiary/aromatic N) is 1. The van der Waals surface area contributed by atoms with Gasteiger partial charge in [0, 0.05) is 31.8 Å². The highest BCUT2D eigenvalue weighted by molar-refractivity contribution is 5.92. The molecule has 0 fully saturated rings. The molecule has 0 spiro atoms. The standard InChI is InChI=1S/C15H26N2O3/c1-4-15(5-2,12-18)11-16-14(19)13-7-6-8-17(13)9-10-20-3/h6-8,18H,4-5,9-12H2,1-3H3,(H,16,19). The first-order valence-corrected chi connectivity index (χ1v) is 7.15. The number of methoxy groups -OCH3 is 1. The van der Waals surface area contributed by atoms with Crippen LogP contribution >= 0.6 is 0 Å². The normalized spacial score (nSPS) is 11.6. The lowest BCUT2D eigenvalue weighted by molar-refractivity contribution is 0.0841. The fourth-order valence-electron chi connectivity index (χ4n) is 2.14. The molecule has 2 N–H and O–H groups in total. The summed E-state index contributed by atoms with van der Waals surface area (Å²) in [6, 6.07) is 3.65. The van der Waals surface area contributed by atoms with E-state index in [9.17, 15) is 9.90 Å². The predicted octanol–water partition coefficient (Wildman–Crippen LogP) is 1.66. The minimum Gasteiger partial charge on any atom is -0.396 e. The monoisotopic (exact) mass is 282 g/mol. The number of aliphatic hydroxyl groups is 1. The van der Waals surface area contributed by atoms with E-state index in [4.69, 9.17) is 4.74 Å². The largest absolute Gasteiger partial charge is 0.396 e. The van der Waals surface area contributed by atoms with Crippen LogP contribution in [0.1, 0.15) is 37.2 Å². The number of hydrogen-bond donors (Lipinski definition) is 2. The summed E-state index contributed by atoms with van der Waals surface area (Å²) >= 11 is 0. The van der Waals surface area contributed by atoms with Crippen LogP contribution < -0.4 is 5.32 Å². The minimum absolute atomic E-state index is 0.0883. The van der Waals surface area contributed by atoms with Crippen molar-refractivity contribution in [3.8, 4) is 0 Å². The van der Waals surface area contributed by atoms with Gasteiger partial charge in [0.2, 0.25) is 0 Å². The van der Waals surface area contributed by atoms with E-state index in [0.29, 0.717) is 25.4 Å². The number of aliphatic hydroxyl groups excluding tert-OH is 1. The first-order chi connectivity index (χ1) is 9.62. The summed E-state index contributed by atoms with van der Waals surface area (Å²) in [4.78, 5) is 12.2. The van der Waals surface area contributed by atoms with E-state index in [2.05, 4.69) is 5.32 Å². The third-order valence-corrected chi connectivity index (χ3v) is 4.06. The summed E-state index contributed by atoms with van der Waals surface area (Å²) in [5, 5.41) is 12.5. The lowest BCUT2D eigenvalue weighted by Crippen LogP contribution is -2.40. The summed E-state index contributed by atoms with van der Waals surface area (Å²) < 4.78 is 6.90. The molecule has 0 atom stereocenters. The molecule has 0 bridgehead atoms. The first-order valence-electron chi connectivity index (χ1n) is 7.15. The van der Waals surface area contributed by atoms with Gasteiger partial charge in [0.05, 0.1) is 13.2 Å². The minimum atomic E-state index is -0.223. The van der Waals surface area contributed by atoms with Crippen molar-refractivity contribution in [1.29, 1.82) is 0 Å².